The Morgan fingerprint density at radius 1 is 1.09 bits per heavy atom. The molecule has 7 nitrogen and oxygen atoms in total. The van der Waals surface area contributed by atoms with E-state index in [2.05, 4.69) is 26.5 Å². The minimum absolute atomic E-state index is 0.0982. The summed E-state index contributed by atoms with van der Waals surface area (Å²) in [6, 6.07) is 18.7. The third kappa shape index (κ3) is 5.80. The van der Waals surface area contributed by atoms with E-state index in [4.69, 9.17) is 4.74 Å². The summed E-state index contributed by atoms with van der Waals surface area (Å²) < 4.78 is 34.1. The molecule has 0 saturated heterocycles. The van der Waals surface area contributed by atoms with Gasteiger partial charge in [-0.25, -0.2) is 13.8 Å². The maximum Gasteiger partial charge on any atom is 0.264 e. The first-order valence-corrected chi connectivity index (χ1v) is 12.3. The average molecular weight is 530 g/mol. The Balaban J connectivity index is 1.89. The number of ether oxygens (including phenoxy) is 1. The minimum atomic E-state index is -3.99. The van der Waals surface area contributed by atoms with Crippen LogP contribution in [-0.4, -0.2) is 34.2 Å². The van der Waals surface area contributed by atoms with Crippen molar-refractivity contribution in [3.63, 3.8) is 0 Å². The van der Waals surface area contributed by atoms with Gasteiger partial charge in [0.1, 0.15) is 12.3 Å². The van der Waals surface area contributed by atoms with E-state index in [0.717, 1.165) is 19.9 Å². The Hall–Kier alpha value is -3.17. The molecule has 0 bridgehead atoms. The zero-order chi connectivity index (χ0) is 24.0. The highest BCUT2D eigenvalue weighted by molar-refractivity contribution is 9.10. The Kier molecular flexibility index (Phi) is 7.88. The van der Waals surface area contributed by atoms with Crippen LogP contribution < -0.4 is 14.5 Å². The highest BCUT2D eigenvalue weighted by Gasteiger charge is 2.28. The van der Waals surface area contributed by atoms with Crippen molar-refractivity contribution in [2.24, 2.45) is 5.10 Å². The van der Waals surface area contributed by atoms with E-state index in [0.29, 0.717) is 17.0 Å². The molecule has 3 aromatic rings. The lowest BCUT2D eigenvalue weighted by atomic mass is 10.1. The van der Waals surface area contributed by atoms with Crippen LogP contribution in [-0.2, 0) is 14.8 Å². The number of methoxy groups -OCH3 is 1. The predicted octanol–water partition coefficient (Wildman–Crippen LogP) is 4.42. The first-order chi connectivity index (χ1) is 15.7. The molecule has 0 radical (unpaired) electrons. The Morgan fingerprint density at radius 3 is 2.52 bits per heavy atom. The molecule has 0 aliphatic carbocycles. The van der Waals surface area contributed by atoms with Crippen LogP contribution in [0, 0.1) is 13.8 Å². The molecular formula is C24H24BrN3O4S. The van der Waals surface area contributed by atoms with E-state index in [1.165, 1.54) is 25.5 Å². The maximum absolute atomic E-state index is 13.4. The number of nitrogens with zero attached hydrogens (tertiary/aromatic N) is 2. The Morgan fingerprint density at radius 2 is 1.82 bits per heavy atom. The van der Waals surface area contributed by atoms with Crippen LogP contribution in [0.2, 0.25) is 0 Å². The van der Waals surface area contributed by atoms with Crippen LogP contribution in [0.25, 0.3) is 0 Å². The smallest absolute Gasteiger partial charge is 0.264 e. The summed E-state index contributed by atoms with van der Waals surface area (Å²) in [6.07, 6.45) is 1.44. The van der Waals surface area contributed by atoms with Gasteiger partial charge in [-0.15, -0.1) is 0 Å². The quantitative estimate of drug-likeness (QED) is 0.345. The highest BCUT2D eigenvalue weighted by atomic mass is 79.9. The van der Waals surface area contributed by atoms with Crippen LogP contribution in [0.3, 0.4) is 0 Å². The van der Waals surface area contributed by atoms with Crippen LogP contribution in [0.1, 0.15) is 16.7 Å². The van der Waals surface area contributed by atoms with E-state index < -0.39 is 22.5 Å². The molecule has 0 spiro atoms. The van der Waals surface area contributed by atoms with Gasteiger partial charge in [-0.2, -0.15) is 5.10 Å². The van der Waals surface area contributed by atoms with Gasteiger partial charge in [-0.05, 0) is 61.4 Å². The minimum Gasteiger partial charge on any atom is -0.496 e. The normalized spacial score (nSPS) is 11.4. The maximum atomic E-state index is 13.4. The van der Waals surface area contributed by atoms with Crippen molar-refractivity contribution in [2.45, 2.75) is 18.7 Å². The second kappa shape index (κ2) is 10.6. The van der Waals surface area contributed by atoms with Crippen molar-refractivity contribution >= 4 is 43.8 Å². The second-order valence-corrected chi connectivity index (χ2v) is 10.0. The van der Waals surface area contributed by atoms with Gasteiger partial charge < -0.3 is 4.74 Å². The Bertz CT molecular complexity index is 1280. The van der Waals surface area contributed by atoms with Gasteiger partial charge in [-0.1, -0.05) is 46.3 Å². The molecule has 1 N–H and O–H groups in total. The molecule has 0 saturated carbocycles. The van der Waals surface area contributed by atoms with Crippen LogP contribution in [0.5, 0.6) is 5.75 Å². The summed E-state index contributed by atoms with van der Waals surface area (Å²) in [5.41, 5.74) is 5.19. The van der Waals surface area contributed by atoms with Crippen molar-refractivity contribution in [3.05, 3.63) is 87.9 Å². The van der Waals surface area contributed by atoms with E-state index in [-0.39, 0.29) is 4.90 Å². The molecule has 0 fully saturated rings. The molecule has 0 aliphatic rings. The topological polar surface area (TPSA) is 88.1 Å². The lowest BCUT2D eigenvalue weighted by Gasteiger charge is -2.26. The number of amides is 1. The first-order valence-electron chi connectivity index (χ1n) is 10.0. The van der Waals surface area contributed by atoms with Crippen molar-refractivity contribution in [1.29, 1.82) is 0 Å². The van der Waals surface area contributed by atoms with Gasteiger partial charge in [0.2, 0.25) is 0 Å². The Labute approximate surface area is 202 Å². The van der Waals surface area contributed by atoms with Crippen LogP contribution >= 0.6 is 15.9 Å². The third-order valence-corrected chi connectivity index (χ3v) is 7.31. The molecule has 33 heavy (non-hydrogen) atoms. The summed E-state index contributed by atoms with van der Waals surface area (Å²) in [7, 11) is -2.45. The number of halogens is 1. The zero-order valence-electron chi connectivity index (χ0n) is 18.4. The number of sulfonamides is 1. The lowest BCUT2D eigenvalue weighted by molar-refractivity contribution is -0.119. The zero-order valence-corrected chi connectivity index (χ0v) is 20.9. The van der Waals surface area contributed by atoms with E-state index >= 15 is 0 Å². The van der Waals surface area contributed by atoms with Crippen LogP contribution in [0.4, 0.5) is 5.69 Å². The van der Waals surface area contributed by atoms with Crippen molar-refractivity contribution in [2.75, 3.05) is 18.0 Å². The number of hydrogen-bond donors (Lipinski definition) is 1. The van der Waals surface area contributed by atoms with Crippen LogP contribution in [0.15, 0.2) is 81.2 Å². The number of benzene rings is 3. The molecule has 1 amide bonds. The fraction of sp³-hybridized carbons (Fsp3) is 0.167. The molecule has 3 aromatic carbocycles. The fourth-order valence-electron chi connectivity index (χ4n) is 3.17. The van der Waals surface area contributed by atoms with Gasteiger partial charge in [0, 0.05) is 10.0 Å². The standard InChI is InChI=1S/C24H24BrN3O4S/c1-17-8-7-11-22(18(17)2)28(33(30,31)21-9-5-4-6-10-21)16-24(29)27-26-15-19-14-20(25)12-13-23(19)32-3/h4-15H,16H2,1-3H3,(H,27,29)/b26-15-. The summed E-state index contributed by atoms with van der Waals surface area (Å²) in [6.45, 7) is 3.28. The van der Waals surface area contributed by atoms with E-state index in [1.54, 1.807) is 42.5 Å². The van der Waals surface area contributed by atoms with E-state index in [9.17, 15) is 13.2 Å². The molecular weight excluding hydrogens is 506 g/mol. The highest BCUT2D eigenvalue weighted by Crippen LogP contribution is 2.28. The molecule has 0 atom stereocenters. The van der Waals surface area contributed by atoms with E-state index in [1.807, 2.05) is 26.0 Å². The average Bonchev–Trinajstić information content (AvgIpc) is 2.80. The van der Waals surface area contributed by atoms with Gasteiger partial charge in [0.25, 0.3) is 15.9 Å². The fourth-order valence-corrected chi connectivity index (χ4v) is 5.05. The van der Waals surface area contributed by atoms with Gasteiger partial charge >= 0.3 is 0 Å². The monoisotopic (exact) mass is 529 g/mol. The molecule has 3 rings (SSSR count). The first kappa shape index (κ1) is 24.5. The molecule has 0 heterocycles. The van der Waals surface area contributed by atoms with Gasteiger partial charge in [0.15, 0.2) is 0 Å². The number of carbonyl (C=O) groups is 1. The number of nitrogens with one attached hydrogen (secondary N) is 1. The summed E-state index contributed by atoms with van der Waals surface area (Å²) in [5, 5.41) is 3.99. The molecule has 172 valence electrons. The van der Waals surface area contributed by atoms with Crippen molar-refractivity contribution < 1.29 is 17.9 Å². The SMILES string of the molecule is COc1ccc(Br)cc1/C=N\NC(=O)CN(c1cccc(C)c1C)S(=O)(=O)c1ccccc1. The number of anilines is 1. The molecule has 0 aliphatic heterocycles. The lowest BCUT2D eigenvalue weighted by Crippen LogP contribution is -2.40. The number of aryl methyl sites for hydroxylation is 1. The molecule has 9 heteroatoms. The third-order valence-electron chi connectivity index (χ3n) is 5.05. The number of hydrogen-bond acceptors (Lipinski definition) is 5. The summed E-state index contributed by atoms with van der Waals surface area (Å²) in [5.74, 6) is 0.000456. The largest absolute Gasteiger partial charge is 0.496 e. The summed E-state index contributed by atoms with van der Waals surface area (Å²) >= 11 is 3.38. The summed E-state index contributed by atoms with van der Waals surface area (Å²) in [4.78, 5) is 12.8. The van der Waals surface area contributed by atoms with Crippen molar-refractivity contribution in [1.82, 2.24) is 5.43 Å². The number of rotatable bonds is 8. The van der Waals surface area contributed by atoms with Crippen molar-refractivity contribution in [3.8, 4) is 5.75 Å². The second-order valence-electron chi connectivity index (χ2n) is 7.22. The van der Waals surface area contributed by atoms with Gasteiger partial charge in [0.05, 0.1) is 23.9 Å². The predicted molar refractivity (Wildman–Crippen MR) is 133 cm³/mol. The molecule has 0 aromatic heterocycles. The number of carbonyl (C=O) groups excluding carboxylic acids is 1. The number of hydrazone groups is 1. The van der Waals surface area contributed by atoms with Gasteiger partial charge in [-0.3, -0.25) is 9.10 Å². The molecule has 0 unspecified atom stereocenters.